The molecule has 22 heavy (non-hydrogen) atoms. The van der Waals surface area contributed by atoms with Crippen molar-refractivity contribution in [3.63, 3.8) is 0 Å². The standard InChI is InChI=1S/C16H28N2O4/c1-4-6-7-8-22-14-10-12(16(20)21-5-2)9-13(17)15(14)18-11(3)19/h10,13-15H,4-9,17H2,1-3H3,(H,18,19)/t13-,14+,15+/m0/s1. The number of nitrogens with two attached hydrogens (primary N) is 1. The lowest BCUT2D eigenvalue weighted by Gasteiger charge is -2.35. The Morgan fingerprint density at radius 2 is 2.09 bits per heavy atom. The Balaban J connectivity index is 2.80. The molecule has 0 unspecified atom stereocenters. The molecule has 6 heteroatoms. The van der Waals surface area contributed by atoms with E-state index in [1.165, 1.54) is 6.92 Å². The highest BCUT2D eigenvalue weighted by atomic mass is 16.5. The molecule has 1 aliphatic rings. The van der Waals surface area contributed by atoms with Crippen LogP contribution in [0.2, 0.25) is 0 Å². The van der Waals surface area contributed by atoms with Crippen LogP contribution < -0.4 is 11.1 Å². The number of hydrogen-bond acceptors (Lipinski definition) is 5. The van der Waals surface area contributed by atoms with Crippen LogP contribution >= 0.6 is 0 Å². The van der Waals surface area contributed by atoms with Gasteiger partial charge in [-0.05, 0) is 25.8 Å². The summed E-state index contributed by atoms with van der Waals surface area (Å²) < 4.78 is 10.9. The number of ether oxygens (including phenoxy) is 2. The molecule has 1 amide bonds. The molecule has 0 aromatic rings. The Labute approximate surface area is 132 Å². The Bertz CT molecular complexity index is 409. The van der Waals surface area contributed by atoms with Gasteiger partial charge in [0.05, 0.1) is 18.8 Å². The quantitative estimate of drug-likeness (QED) is 0.520. The number of hydrogen-bond donors (Lipinski definition) is 2. The molecule has 0 radical (unpaired) electrons. The maximum absolute atomic E-state index is 11.9. The average Bonchev–Trinajstić information content (AvgIpc) is 2.46. The molecule has 0 fully saturated rings. The van der Waals surface area contributed by atoms with Gasteiger partial charge in [0.2, 0.25) is 5.91 Å². The number of amides is 1. The molecule has 0 aliphatic heterocycles. The summed E-state index contributed by atoms with van der Waals surface area (Å²) in [5, 5.41) is 2.83. The second-order valence-corrected chi connectivity index (χ2v) is 5.55. The SMILES string of the molecule is CCCCCO[C@@H]1C=C(C(=O)OCC)C[C@H](N)[C@H]1NC(C)=O. The Morgan fingerprint density at radius 1 is 1.36 bits per heavy atom. The van der Waals surface area contributed by atoms with Crippen LogP contribution in [0.4, 0.5) is 0 Å². The van der Waals surface area contributed by atoms with E-state index in [9.17, 15) is 9.59 Å². The van der Waals surface area contributed by atoms with E-state index in [1.54, 1.807) is 13.0 Å². The predicted molar refractivity (Wildman–Crippen MR) is 84.2 cm³/mol. The molecule has 3 N–H and O–H groups in total. The van der Waals surface area contributed by atoms with Crippen LogP contribution in [0.25, 0.3) is 0 Å². The summed E-state index contributed by atoms with van der Waals surface area (Å²) >= 11 is 0. The molecular weight excluding hydrogens is 284 g/mol. The van der Waals surface area contributed by atoms with Crippen LogP contribution in [-0.4, -0.2) is 43.3 Å². The number of nitrogens with one attached hydrogen (secondary N) is 1. The highest BCUT2D eigenvalue weighted by molar-refractivity contribution is 5.89. The first-order chi connectivity index (χ1) is 10.5. The molecule has 0 heterocycles. The van der Waals surface area contributed by atoms with E-state index in [1.807, 2.05) is 0 Å². The molecule has 0 saturated carbocycles. The molecule has 1 aliphatic carbocycles. The average molecular weight is 312 g/mol. The molecule has 0 aromatic heterocycles. The van der Waals surface area contributed by atoms with Crippen molar-refractivity contribution >= 4 is 11.9 Å². The van der Waals surface area contributed by atoms with Gasteiger partial charge in [0.1, 0.15) is 0 Å². The van der Waals surface area contributed by atoms with Gasteiger partial charge in [-0.2, -0.15) is 0 Å². The van der Waals surface area contributed by atoms with E-state index in [0.717, 1.165) is 19.3 Å². The smallest absolute Gasteiger partial charge is 0.333 e. The zero-order chi connectivity index (χ0) is 16.5. The molecule has 0 spiro atoms. The van der Waals surface area contributed by atoms with Gasteiger partial charge in [-0.15, -0.1) is 0 Å². The highest BCUT2D eigenvalue weighted by Crippen LogP contribution is 2.22. The lowest BCUT2D eigenvalue weighted by atomic mass is 9.88. The van der Waals surface area contributed by atoms with Gasteiger partial charge < -0.3 is 20.5 Å². The summed E-state index contributed by atoms with van der Waals surface area (Å²) in [6, 6.07) is -0.693. The third kappa shape index (κ3) is 5.77. The van der Waals surface area contributed by atoms with Crippen LogP contribution in [-0.2, 0) is 19.1 Å². The van der Waals surface area contributed by atoms with Crippen molar-refractivity contribution in [2.75, 3.05) is 13.2 Å². The zero-order valence-electron chi connectivity index (χ0n) is 13.8. The molecule has 6 nitrogen and oxygen atoms in total. The van der Waals surface area contributed by atoms with E-state index in [2.05, 4.69) is 12.2 Å². The summed E-state index contributed by atoms with van der Waals surface area (Å²) in [6.45, 7) is 6.23. The van der Waals surface area contributed by atoms with Gasteiger partial charge >= 0.3 is 5.97 Å². The number of carbonyl (C=O) groups is 2. The molecule has 0 saturated heterocycles. The van der Waals surface area contributed by atoms with Gasteiger partial charge in [0.25, 0.3) is 0 Å². The monoisotopic (exact) mass is 312 g/mol. The first-order valence-electron chi connectivity index (χ1n) is 8.01. The van der Waals surface area contributed by atoms with Crippen molar-refractivity contribution in [3.05, 3.63) is 11.6 Å². The van der Waals surface area contributed by atoms with Gasteiger partial charge in [-0.25, -0.2) is 4.79 Å². The minimum Gasteiger partial charge on any atom is -0.463 e. The van der Waals surface area contributed by atoms with Crippen molar-refractivity contribution in [2.24, 2.45) is 5.73 Å². The Hall–Kier alpha value is -1.40. The van der Waals surface area contributed by atoms with E-state index in [-0.39, 0.29) is 24.0 Å². The second kappa shape index (κ2) is 9.58. The summed E-state index contributed by atoms with van der Waals surface area (Å²) in [4.78, 5) is 23.3. The fourth-order valence-corrected chi connectivity index (χ4v) is 2.52. The van der Waals surface area contributed by atoms with Gasteiger partial charge in [0.15, 0.2) is 0 Å². The van der Waals surface area contributed by atoms with Crippen molar-refractivity contribution in [2.45, 2.75) is 64.6 Å². The molecular formula is C16H28N2O4. The fourth-order valence-electron chi connectivity index (χ4n) is 2.52. The summed E-state index contributed by atoms with van der Waals surface area (Å²) in [7, 11) is 0. The topological polar surface area (TPSA) is 90.7 Å². The largest absolute Gasteiger partial charge is 0.463 e. The lowest BCUT2D eigenvalue weighted by Crippen LogP contribution is -2.56. The first kappa shape index (κ1) is 18.6. The summed E-state index contributed by atoms with van der Waals surface area (Å²) in [6.07, 6.45) is 4.85. The predicted octanol–water partition coefficient (Wildman–Crippen LogP) is 1.29. The van der Waals surface area contributed by atoms with Crippen LogP contribution in [0, 0.1) is 0 Å². The minimum atomic E-state index is -0.399. The third-order valence-corrected chi connectivity index (χ3v) is 3.60. The fraction of sp³-hybridized carbons (Fsp3) is 0.750. The number of esters is 1. The van der Waals surface area contributed by atoms with Crippen LogP contribution in [0.1, 0.15) is 46.5 Å². The van der Waals surface area contributed by atoms with Crippen LogP contribution in [0.15, 0.2) is 11.6 Å². The first-order valence-corrected chi connectivity index (χ1v) is 8.01. The third-order valence-electron chi connectivity index (χ3n) is 3.60. The van der Waals surface area contributed by atoms with E-state index < -0.39 is 6.10 Å². The van der Waals surface area contributed by atoms with E-state index in [4.69, 9.17) is 15.2 Å². The van der Waals surface area contributed by atoms with E-state index in [0.29, 0.717) is 25.2 Å². The van der Waals surface area contributed by atoms with Crippen molar-refractivity contribution in [1.82, 2.24) is 5.32 Å². The zero-order valence-corrected chi connectivity index (χ0v) is 13.8. The minimum absolute atomic E-state index is 0.157. The number of carbonyl (C=O) groups excluding carboxylic acids is 2. The summed E-state index contributed by atoms with van der Waals surface area (Å²) in [5.41, 5.74) is 6.65. The van der Waals surface area contributed by atoms with Crippen molar-refractivity contribution < 1.29 is 19.1 Å². The van der Waals surface area contributed by atoms with Crippen LogP contribution in [0.3, 0.4) is 0 Å². The molecule has 0 aromatic carbocycles. The van der Waals surface area contributed by atoms with E-state index >= 15 is 0 Å². The molecule has 3 atom stereocenters. The Morgan fingerprint density at radius 3 is 2.68 bits per heavy atom. The lowest BCUT2D eigenvalue weighted by molar-refractivity contribution is -0.139. The molecule has 1 rings (SSSR count). The Kier molecular flexibility index (Phi) is 8.12. The van der Waals surface area contributed by atoms with Crippen LogP contribution in [0.5, 0.6) is 0 Å². The van der Waals surface area contributed by atoms with Gasteiger partial charge in [0, 0.05) is 25.1 Å². The number of rotatable bonds is 8. The maximum atomic E-state index is 11.9. The molecule has 0 bridgehead atoms. The van der Waals surface area contributed by atoms with Gasteiger partial charge in [-0.3, -0.25) is 4.79 Å². The highest BCUT2D eigenvalue weighted by Gasteiger charge is 2.34. The normalized spacial score (nSPS) is 24.5. The van der Waals surface area contributed by atoms with Crippen molar-refractivity contribution in [3.8, 4) is 0 Å². The second-order valence-electron chi connectivity index (χ2n) is 5.55. The number of unbranched alkanes of at least 4 members (excludes halogenated alkanes) is 2. The van der Waals surface area contributed by atoms with Gasteiger partial charge in [-0.1, -0.05) is 19.8 Å². The summed E-state index contributed by atoms with van der Waals surface area (Å²) in [5.74, 6) is -0.517. The molecule has 126 valence electrons. The maximum Gasteiger partial charge on any atom is 0.333 e. The van der Waals surface area contributed by atoms with Crippen molar-refractivity contribution in [1.29, 1.82) is 0 Å².